The number of carbonyl (C=O) groups excluding carboxylic acids is 1. The lowest BCUT2D eigenvalue weighted by Crippen LogP contribution is -2.36. The number of benzene rings is 1. The van der Waals surface area contributed by atoms with E-state index in [-0.39, 0.29) is 18.0 Å². The highest BCUT2D eigenvalue weighted by molar-refractivity contribution is 5.93. The summed E-state index contributed by atoms with van der Waals surface area (Å²) >= 11 is 0. The maximum atomic E-state index is 12.4. The van der Waals surface area contributed by atoms with Crippen LogP contribution in [0.2, 0.25) is 0 Å². The van der Waals surface area contributed by atoms with Crippen LogP contribution in [0.1, 0.15) is 61.1 Å². The standard InChI is InChI=1S/C19H24N4O/c1-14(15-8-4-2-5-9-15)22-18-12-17(20-13-21-18)19(24)23-16-10-6-3-7-11-16/h2,4-5,8-9,12-14,16H,3,6-7,10-11H2,1H3,(H,23,24)(H,20,21,22). The van der Waals surface area contributed by atoms with Crippen molar-refractivity contribution in [3.8, 4) is 0 Å². The molecule has 1 fully saturated rings. The van der Waals surface area contributed by atoms with Crippen molar-refractivity contribution < 1.29 is 4.79 Å². The Labute approximate surface area is 142 Å². The van der Waals surface area contributed by atoms with Crippen molar-refractivity contribution >= 4 is 11.7 Å². The average Bonchev–Trinajstić information content (AvgIpc) is 2.63. The molecule has 24 heavy (non-hydrogen) atoms. The first-order chi connectivity index (χ1) is 11.7. The van der Waals surface area contributed by atoms with Crippen LogP contribution in [0.25, 0.3) is 0 Å². The first-order valence-electron chi connectivity index (χ1n) is 8.67. The third kappa shape index (κ3) is 4.31. The van der Waals surface area contributed by atoms with E-state index in [1.807, 2.05) is 18.2 Å². The van der Waals surface area contributed by atoms with Gasteiger partial charge < -0.3 is 10.6 Å². The molecular weight excluding hydrogens is 300 g/mol. The Balaban J connectivity index is 1.64. The molecule has 1 unspecified atom stereocenters. The molecule has 1 heterocycles. The molecule has 1 aromatic heterocycles. The van der Waals surface area contributed by atoms with E-state index < -0.39 is 0 Å². The van der Waals surface area contributed by atoms with Crippen LogP contribution in [-0.4, -0.2) is 21.9 Å². The molecule has 2 aromatic rings. The summed E-state index contributed by atoms with van der Waals surface area (Å²) in [5, 5.41) is 6.42. The fraction of sp³-hybridized carbons (Fsp3) is 0.421. The molecule has 2 N–H and O–H groups in total. The second-order valence-corrected chi connectivity index (χ2v) is 6.37. The predicted molar refractivity (Wildman–Crippen MR) is 94.9 cm³/mol. The third-order valence-electron chi connectivity index (χ3n) is 4.50. The van der Waals surface area contributed by atoms with Crippen LogP contribution < -0.4 is 10.6 Å². The van der Waals surface area contributed by atoms with Gasteiger partial charge in [0.15, 0.2) is 0 Å². The fourth-order valence-electron chi connectivity index (χ4n) is 3.11. The van der Waals surface area contributed by atoms with E-state index >= 15 is 0 Å². The van der Waals surface area contributed by atoms with Crippen molar-refractivity contribution in [3.63, 3.8) is 0 Å². The Kier molecular flexibility index (Phi) is 5.41. The summed E-state index contributed by atoms with van der Waals surface area (Å²) in [6.45, 7) is 2.07. The van der Waals surface area contributed by atoms with E-state index in [4.69, 9.17) is 0 Å². The van der Waals surface area contributed by atoms with Crippen LogP contribution in [-0.2, 0) is 0 Å². The molecule has 1 aliphatic carbocycles. The number of anilines is 1. The molecule has 1 atom stereocenters. The molecule has 0 bridgehead atoms. The maximum Gasteiger partial charge on any atom is 0.270 e. The summed E-state index contributed by atoms with van der Waals surface area (Å²) in [5.74, 6) is 0.551. The lowest BCUT2D eigenvalue weighted by atomic mass is 9.95. The summed E-state index contributed by atoms with van der Waals surface area (Å²) in [6.07, 6.45) is 7.22. The summed E-state index contributed by atoms with van der Waals surface area (Å²) in [4.78, 5) is 20.7. The van der Waals surface area contributed by atoms with Gasteiger partial charge in [-0.25, -0.2) is 9.97 Å². The summed E-state index contributed by atoms with van der Waals surface area (Å²) in [7, 11) is 0. The molecule has 0 aliphatic heterocycles. The van der Waals surface area contributed by atoms with Crippen molar-refractivity contribution in [1.29, 1.82) is 0 Å². The number of hydrogen-bond donors (Lipinski definition) is 2. The van der Waals surface area contributed by atoms with E-state index in [9.17, 15) is 4.79 Å². The molecule has 5 heteroatoms. The van der Waals surface area contributed by atoms with Crippen molar-refractivity contribution in [2.45, 2.75) is 51.1 Å². The molecule has 0 radical (unpaired) electrons. The molecule has 1 amide bonds. The average molecular weight is 324 g/mol. The Hall–Kier alpha value is -2.43. The van der Waals surface area contributed by atoms with E-state index in [0.717, 1.165) is 12.8 Å². The van der Waals surface area contributed by atoms with Gasteiger partial charge in [-0.3, -0.25) is 4.79 Å². The number of amides is 1. The van der Waals surface area contributed by atoms with Crippen LogP contribution in [0, 0.1) is 0 Å². The van der Waals surface area contributed by atoms with E-state index in [1.54, 1.807) is 6.07 Å². The number of hydrogen-bond acceptors (Lipinski definition) is 4. The topological polar surface area (TPSA) is 66.9 Å². The molecular formula is C19H24N4O. The summed E-state index contributed by atoms with van der Waals surface area (Å²) < 4.78 is 0. The Morgan fingerprint density at radius 3 is 2.62 bits per heavy atom. The van der Waals surface area contributed by atoms with Crippen LogP contribution in [0.15, 0.2) is 42.7 Å². The van der Waals surface area contributed by atoms with Gasteiger partial charge in [-0.2, -0.15) is 0 Å². The predicted octanol–water partition coefficient (Wildman–Crippen LogP) is 3.71. The van der Waals surface area contributed by atoms with E-state index in [1.165, 1.54) is 31.2 Å². The molecule has 126 valence electrons. The number of nitrogens with zero attached hydrogens (tertiary/aromatic N) is 2. The van der Waals surface area contributed by atoms with Crippen molar-refractivity contribution in [2.75, 3.05) is 5.32 Å². The second kappa shape index (κ2) is 7.90. The minimum Gasteiger partial charge on any atom is -0.363 e. The largest absolute Gasteiger partial charge is 0.363 e. The van der Waals surface area contributed by atoms with Gasteiger partial charge in [-0.15, -0.1) is 0 Å². The highest BCUT2D eigenvalue weighted by atomic mass is 16.1. The van der Waals surface area contributed by atoms with Gasteiger partial charge in [-0.1, -0.05) is 49.6 Å². The monoisotopic (exact) mass is 324 g/mol. The highest BCUT2D eigenvalue weighted by Crippen LogP contribution is 2.19. The minimum atomic E-state index is -0.111. The first-order valence-corrected chi connectivity index (χ1v) is 8.67. The van der Waals surface area contributed by atoms with Gasteiger partial charge in [0.2, 0.25) is 0 Å². The Morgan fingerprint density at radius 1 is 1.12 bits per heavy atom. The van der Waals surface area contributed by atoms with Gasteiger partial charge in [-0.05, 0) is 25.3 Å². The lowest BCUT2D eigenvalue weighted by molar-refractivity contribution is 0.0922. The zero-order valence-electron chi connectivity index (χ0n) is 14.0. The second-order valence-electron chi connectivity index (χ2n) is 6.37. The number of nitrogens with one attached hydrogen (secondary N) is 2. The lowest BCUT2D eigenvalue weighted by Gasteiger charge is -2.22. The molecule has 3 rings (SSSR count). The normalized spacial score (nSPS) is 16.4. The van der Waals surface area contributed by atoms with Gasteiger partial charge >= 0.3 is 0 Å². The van der Waals surface area contributed by atoms with Crippen LogP contribution in [0.4, 0.5) is 5.82 Å². The van der Waals surface area contributed by atoms with Gasteiger partial charge in [0.25, 0.3) is 5.91 Å². The summed E-state index contributed by atoms with van der Waals surface area (Å²) in [6, 6.07) is 12.3. The molecule has 0 saturated heterocycles. The van der Waals surface area contributed by atoms with Crippen molar-refractivity contribution in [3.05, 3.63) is 54.0 Å². The van der Waals surface area contributed by atoms with Crippen molar-refractivity contribution in [1.82, 2.24) is 15.3 Å². The van der Waals surface area contributed by atoms with E-state index in [0.29, 0.717) is 11.5 Å². The SMILES string of the molecule is CC(Nc1cc(C(=O)NC2CCCCC2)ncn1)c1ccccc1. The first kappa shape index (κ1) is 16.4. The molecule has 1 saturated carbocycles. The Morgan fingerprint density at radius 2 is 1.88 bits per heavy atom. The number of rotatable bonds is 5. The third-order valence-corrected chi connectivity index (χ3v) is 4.50. The fourth-order valence-corrected chi connectivity index (χ4v) is 3.11. The van der Waals surface area contributed by atoms with Gasteiger partial charge in [0, 0.05) is 18.2 Å². The molecule has 1 aromatic carbocycles. The van der Waals surface area contributed by atoms with Crippen LogP contribution >= 0.6 is 0 Å². The van der Waals surface area contributed by atoms with Gasteiger partial charge in [0.1, 0.15) is 17.8 Å². The quantitative estimate of drug-likeness (QED) is 0.880. The van der Waals surface area contributed by atoms with Gasteiger partial charge in [0.05, 0.1) is 0 Å². The smallest absolute Gasteiger partial charge is 0.270 e. The Bertz CT molecular complexity index is 668. The zero-order valence-corrected chi connectivity index (χ0v) is 14.0. The maximum absolute atomic E-state index is 12.4. The highest BCUT2D eigenvalue weighted by Gasteiger charge is 2.18. The minimum absolute atomic E-state index is 0.107. The summed E-state index contributed by atoms with van der Waals surface area (Å²) in [5.41, 5.74) is 1.59. The van der Waals surface area contributed by atoms with Crippen LogP contribution in [0.5, 0.6) is 0 Å². The zero-order chi connectivity index (χ0) is 16.8. The van der Waals surface area contributed by atoms with E-state index in [2.05, 4.69) is 39.7 Å². The molecule has 1 aliphatic rings. The number of carbonyl (C=O) groups is 1. The number of aromatic nitrogens is 2. The molecule has 5 nitrogen and oxygen atoms in total. The van der Waals surface area contributed by atoms with Crippen LogP contribution in [0.3, 0.4) is 0 Å². The van der Waals surface area contributed by atoms with Crippen molar-refractivity contribution in [2.24, 2.45) is 0 Å². The molecule has 0 spiro atoms.